The number of rotatable bonds is 5. The second-order valence-corrected chi connectivity index (χ2v) is 7.33. The number of benzene rings is 2. The van der Waals surface area contributed by atoms with Crippen LogP contribution in [-0.4, -0.2) is 22.8 Å². The lowest BCUT2D eigenvalue weighted by molar-refractivity contribution is -0.118. The Morgan fingerprint density at radius 2 is 1.86 bits per heavy atom. The molecule has 1 amide bonds. The molecule has 146 valence electrons. The third-order valence-electron chi connectivity index (χ3n) is 5.56. The number of anilines is 1. The predicted molar refractivity (Wildman–Crippen MR) is 108 cm³/mol. The summed E-state index contributed by atoms with van der Waals surface area (Å²) in [5, 5.41) is 12.6. The van der Waals surface area contributed by atoms with Gasteiger partial charge in [0.25, 0.3) is 0 Å². The molecular weight excluding hydrogens is 368 g/mol. The van der Waals surface area contributed by atoms with Crippen LogP contribution in [0.15, 0.2) is 60.7 Å². The molecule has 3 aromatic rings. The molecule has 0 unspecified atom stereocenters. The molecule has 1 aliphatic heterocycles. The monoisotopic (exact) mass is 388 g/mol. The van der Waals surface area contributed by atoms with E-state index >= 15 is 0 Å². The molecule has 1 aliphatic carbocycles. The van der Waals surface area contributed by atoms with E-state index in [9.17, 15) is 9.90 Å². The minimum Gasteiger partial charge on any atom is -0.454 e. The van der Waals surface area contributed by atoms with Gasteiger partial charge < -0.3 is 19.9 Å². The SMILES string of the molecule is O=C(Nc1cccc(-c2ccccc2CO)n1)C1(c2ccc3c(c2)OCO3)CC1. The van der Waals surface area contributed by atoms with Gasteiger partial charge in [0, 0.05) is 5.56 Å². The summed E-state index contributed by atoms with van der Waals surface area (Å²) in [6, 6.07) is 18.7. The fourth-order valence-electron chi connectivity index (χ4n) is 3.76. The molecule has 0 atom stereocenters. The normalized spacial score (nSPS) is 15.8. The maximum Gasteiger partial charge on any atom is 0.236 e. The zero-order valence-corrected chi connectivity index (χ0v) is 15.7. The molecule has 0 saturated heterocycles. The van der Waals surface area contributed by atoms with E-state index in [1.165, 1.54) is 0 Å². The van der Waals surface area contributed by atoms with Crippen molar-refractivity contribution in [3.63, 3.8) is 0 Å². The van der Waals surface area contributed by atoms with Crippen molar-refractivity contribution >= 4 is 11.7 Å². The van der Waals surface area contributed by atoms with Crippen LogP contribution in [0.2, 0.25) is 0 Å². The van der Waals surface area contributed by atoms with Gasteiger partial charge in [0.05, 0.1) is 17.7 Å². The highest BCUT2D eigenvalue weighted by Crippen LogP contribution is 2.51. The molecule has 5 rings (SSSR count). The summed E-state index contributed by atoms with van der Waals surface area (Å²) in [6.07, 6.45) is 1.57. The predicted octanol–water partition coefficient (Wildman–Crippen LogP) is 3.64. The third-order valence-corrected chi connectivity index (χ3v) is 5.56. The van der Waals surface area contributed by atoms with Crippen molar-refractivity contribution in [2.75, 3.05) is 12.1 Å². The van der Waals surface area contributed by atoms with Crippen LogP contribution in [-0.2, 0) is 16.8 Å². The van der Waals surface area contributed by atoms with Gasteiger partial charge in [-0.3, -0.25) is 4.79 Å². The van der Waals surface area contributed by atoms with E-state index < -0.39 is 5.41 Å². The number of carbonyl (C=O) groups is 1. The van der Waals surface area contributed by atoms with Crippen LogP contribution in [0.4, 0.5) is 5.82 Å². The first-order chi connectivity index (χ1) is 14.2. The molecular formula is C23H20N2O4. The molecule has 0 radical (unpaired) electrons. The molecule has 0 bridgehead atoms. The number of aliphatic hydroxyl groups excluding tert-OH is 1. The van der Waals surface area contributed by atoms with E-state index in [-0.39, 0.29) is 19.3 Å². The van der Waals surface area contributed by atoms with Gasteiger partial charge in [0.15, 0.2) is 11.5 Å². The van der Waals surface area contributed by atoms with Crippen molar-refractivity contribution in [2.45, 2.75) is 24.9 Å². The fraction of sp³-hybridized carbons (Fsp3) is 0.217. The molecule has 2 heterocycles. The maximum atomic E-state index is 13.1. The molecule has 6 nitrogen and oxygen atoms in total. The Bertz CT molecular complexity index is 1090. The van der Waals surface area contributed by atoms with Crippen molar-refractivity contribution in [2.24, 2.45) is 0 Å². The number of fused-ring (bicyclic) bond motifs is 1. The second-order valence-electron chi connectivity index (χ2n) is 7.33. The molecule has 2 aromatic carbocycles. The Labute approximate surface area is 168 Å². The van der Waals surface area contributed by atoms with Gasteiger partial charge in [-0.2, -0.15) is 0 Å². The largest absolute Gasteiger partial charge is 0.454 e. The average molecular weight is 388 g/mol. The summed E-state index contributed by atoms with van der Waals surface area (Å²) in [4.78, 5) is 17.7. The maximum absolute atomic E-state index is 13.1. The summed E-state index contributed by atoms with van der Waals surface area (Å²) in [5.74, 6) is 1.81. The van der Waals surface area contributed by atoms with Gasteiger partial charge in [0.1, 0.15) is 5.82 Å². The Hall–Kier alpha value is -3.38. The van der Waals surface area contributed by atoms with E-state index in [0.29, 0.717) is 23.0 Å². The van der Waals surface area contributed by atoms with Gasteiger partial charge in [-0.05, 0) is 48.2 Å². The van der Waals surface area contributed by atoms with E-state index in [1.807, 2.05) is 54.6 Å². The Morgan fingerprint density at radius 3 is 2.69 bits per heavy atom. The molecule has 1 aromatic heterocycles. The smallest absolute Gasteiger partial charge is 0.236 e. The second kappa shape index (κ2) is 6.90. The lowest BCUT2D eigenvalue weighted by atomic mass is 9.94. The molecule has 2 aliphatic rings. The van der Waals surface area contributed by atoms with Crippen molar-refractivity contribution in [1.29, 1.82) is 0 Å². The number of hydrogen-bond donors (Lipinski definition) is 2. The first-order valence-electron chi connectivity index (χ1n) is 9.57. The molecule has 6 heteroatoms. The van der Waals surface area contributed by atoms with Crippen LogP contribution >= 0.6 is 0 Å². The van der Waals surface area contributed by atoms with Crippen LogP contribution in [0.5, 0.6) is 11.5 Å². The van der Waals surface area contributed by atoms with Crippen molar-refractivity contribution < 1.29 is 19.4 Å². The van der Waals surface area contributed by atoms with Gasteiger partial charge >= 0.3 is 0 Å². The Kier molecular flexibility index (Phi) is 4.21. The minimum absolute atomic E-state index is 0.0678. The number of pyridine rings is 1. The van der Waals surface area contributed by atoms with E-state index in [4.69, 9.17) is 9.47 Å². The van der Waals surface area contributed by atoms with Crippen molar-refractivity contribution in [3.05, 3.63) is 71.8 Å². The van der Waals surface area contributed by atoms with Gasteiger partial charge in [-0.25, -0.2) is 4.98 Å². The van der Waals surface area contributed by atoms with E-state index in [1.54, 1.807) is 6.07 Å². The standard InChI is InChI=1S/C23H20N2O4/c26-13-15-4-1-2-5-17(15)18-6-3-7-21(24-18)25-22(27)23(10-11-23)16-8-9-19-20(12-16)29-14-28-19/h1-9,12,26H,10-11,13-14H2,(H,24,25,27). The highest BCUT2D eigenvalue weighted by atomic mass is 16.7. The number of ether oxygens (including phenoxy) is 2. The topological polar surface area (TPSA) is 80.7 Å². The number of nitrogens with zero attached hydrogens (tertiary/aromatic N) is 1. The van der Waals surface area contributed by atoms with Gasteiger partial charge in [-0.1, -0.05) is 36.4 Å². The zero-order chi connectivity index (χ0) is 19.8. The van der Waals surface area contributed by atoms with E-state index in [2.05, 4.69) is 10.3 Å². The van der Waals surface area contributed by atoms with Crippen LogP contribution in [0.3, 0.4) is 0 Å². The number of aliphatic hydroxyl groups is 1. The highest BCUT2D eigenvalue weighted by molar-refractivity contribution is 6.01. The summed E-state index contributed by atoms with van der Waals surface area (Å²) < 4.78 is 10.8. The fourth-order valence-corrected chi connectivity index (χ4v) is 3.76. The van der Waals surface area contributed by atoms with Crippen molar-refractivity contribution in [1.82, 2.24) is 4.98 Å². The van der Waals surface area contributed by atoms with Crippen molar-refractivity contribution in [3.8, 4) is 22.8 Å². The van der Waals surface area contributed by atoms with Crippen LogP contribution < -0.4 is 14.8 Å². The number of hydrogen-bond acceptors (Lipinski definition) is 5. The first-order valence-corrected chi connectivity index (χ1v) is 9.57. The van der Waals surface area contributed by atoms with Gasteiger partial charge in [-0.15, -0.1) is 0 Å². The first kappa shape index (κ1) is 17.7. The summed E-state index contributed by atoms with van der Waals surface area (Å²) in [7, 11) is 0. The zero-order valence-electron chi connectivity index (χ0n) is 15.7. The molecule has 0 spiro atoms. The number of amides is 1. The Morgan fingerprint density at radius 1 is 1.03 bits per heavy atom. The number of carbonyl (C=O) groups excluding carboxylic acids is 1. The Balaban J connectivity index is 1.40. The lowest BCUT2D eigenvalue weighted by Crippen LogP contribution is -2.28. The molecule has 2 N–H and O–H groups in total. The van der Waals surface area contributed by atoms with Crippen LogP contribution in [0.25, 0.3) is 11.3 Å². The number of aromatic nitrogens is 1. The quantitative estimate of drug-likeness (QED) is 0.698. The van der Waals surface area contributed by atoms with E-state index in [0.717, 1.165) is 29.5 Å². The van der Waals surface area contributed by atoms with Crippen LogP contribution in [0.1, 0.15) is 24.0 Å². The third kappa shape index (κ3) is 3.11. The number of nitrogens with one attached hydrogen (secondary N) is 1. The molecule has 29 heavy (non-hydrogen) atoms. The van der Waals surface area contributed by atoms with Crippen LogP contribution in [0, 0.1) is 0 Å². The van der Waals surface area contributed by atoms with Gasteiger partial charge in [0.2, 0.25) is 12.7 Å². The summed E-state index contributed by atoms with van der Waals surface area (Å²) >= 11 is 0. The molecule has 1 saturated carbocycles. The summed E-state index contributed by atoms with van der Waals surface area (Å²) in [6.45, 7) is 0.145. The minimum atomic E-state index is -0.554. The molecule has 1 fully saturated rings. The highest BCUT2D eigenvalue weighted by Gasteiger charge is 2.51. The lowest BCUT2D eigenvalue weighted by Gasteiger charge is -2.16. The summed E-state index contributed by atoms with van der Waals surface area (Å²) in [5.41, 5.74) is 2.73. The average Bonchev–Trinajstić information content (AvgIpc) is 3.45.